The minimum Gasteiger partial charge on any atom is -0.375 e. The van der Waals surface area contributed by atoms with Crippen LogP contribution in [0.4, 0.5) is 5.13 Å². The number of fused-ring (bicyclic) bond motifs is 1. The number of hydrogen-bond acceptors (Lipinski definition) is 4. The maximum absolute atomic E-state index is 5.64. The van der Waals surface area contributed by atoms with E-state index in [9.17, 15) is 0 Å². The van der Waals surface area contributed by atoms with Gasteiger partial charge in [-0.05, 0) is 25.2 Å². The molecule has 0 saturated heterocycles. The van der Waals surface area contributed by atoms with E-state index in [2.05, 4.69) is 22.1 Å². The van der Waals surface area contributed by atoms with Crippen LogP contribution in [0.15, 0.2) is 18.2 Å². The number of thiazole rings is 1. The van der Waals surface area contributed by atoms with Crippen LogP contribution in [0.25, 0.3) is 10.2 Å². The number of nitrogens with zero attached hydrogens (tertiary/aromatic N) is 1. The second kappa shape index (κ2) is 4.97. The molecule has 4 heteroatoms. The first-order chi connectivity index (χ1) is 7.79. The van der Waals surface area contributed by atoms with Crippen LogP contribution >= 0.6 is 11.3 Å². The highest BCUT2D eigenvalue weighted by molar-refractivity contribution is 7.22. The molecule has 16 heavy (non-hydrogen) atoms. The van der Waals surface area contributed by atoms with Crippen LogP contribution in [-0.4, -0.2) is 18.6 Å². The Labute approximate surface area is 98.7 Å². The third-order valence-corrected chi connectivity index (χ3v) is 3.00. The van der Waals surface area contributed by atoms with Gasteiger partial charge in [0.05, 0.1) is 10.2 Å². The molecule has 0 radical (unpaired) electrons. The van der Waals surface area contributed by atoms with Gasteiger partial charge in [-0.1, -0.05) is 23.2 Å². The van der Waals surface area contributed by atoms with Gasteiger partial charge in [0.15, 0.2) is 5.13 Å². The smallest absolute Gasteiger partial charge is 0.181 e. The third kappa shape index (κ3) is 2.51. The predicted molar refractivity (Wildman–Crippen MR) is 69.5 cm³/mol. The molecule has 82 valence electrons. The Morgan fingerprint density at radius 1 is 1.50 bits per heavy atom. The molecule has 1 heterocycles. The zero-order valence-corrected chi connectivity index (χ0v) is 9.90. The van der Waals surface area contributed by atoms with Gasteiger partial charge in [-0.15, -0.1) is 0 Å². The molecule has 0 spiro atoms. The third-order valence-electron chi connectivity index (χ3n) is 2.14. The van der Waals surface area contributed by atoms with Gasteiger partial charge in [0, 0.05) is 18.5 Å². The van der Waals surface area contributed by atoms with Gasteiger partial charge in [-0.25, -0.2) is 4.98 Å². The molecule has 0 aliphatic heterocycles. The maximum Gasteiger partial charge on any atom is 0.181 e. The van der Waals surface area contributed by atoms with E-state index in [-0.39, 0.29) is 0 Å². The fourth-order valence-corrected chi connectivity index (χ4v) is 2.09. The summed E-state index contributed by atoms with van der Waals surface area (Å²) < 4.78 is 1.11. The molecule has 0 amide bonds. The van der Waals surface area contributed by atoms with Crippen LogP contribution in [0.1, 0.15) is 12.0 Å². The number of aromatic nitrogens is 1. The summed E-state index contributed by atoms with van der Waals surface area (Å²) in [4.78, 5) is 4.23. The van der Waals surface area contributed by atoms with Crippen molar-refractivity contribution in [2.75, 3.05) is 19.3 Å². The summed E-state index contributed by atoms with van der Waals surface area (Å²) in [6.07, 6.45) is 0.855. The van der Waals surface area contributed by atoms with E-state index in [1.807, 2.05) is 25.2 Å². The lowest BCUT2D eigenvalue weighted by molar-refractivity contribution is 0.818. The first-order valence-corrected chi connectivity index (χ1v) is 5.91. The fourth-order valence-electron chi connectivity index (χ4n) is 1.38. The monoisotopic (exact) mass is 231 g/mol. The molecular weight excluding hydrogens is 218 g/mol. The summed E-state index contributed by atoms with van der Waals surface area (Å²) in [6.45, 7) is 0.916. The van der Waals surface area contributed by atoms with E-state index < -0.39 is 0 Å². The number of anilines is 1. The van der Waals surface area contributed by atoms with E-state index >= 15 is 0 Å². The molecule has 0 fully saturated rings. The molecule has 0 unspecified atom stereocenters. The number of benzene rings is 1. The van der Waals surface area contributed by atoms with Crippen LogP contribution in [0.2, 0.25) is 0 Å². The standard InChI is InChI=1S/C12H13N3S/c1-14-7-3-2-4-9-5-6-11-10(8-9)15-12(13)16-11/h5-6,8,14H,3,7H2,1H3,(H2,13,15). The number of hydrogen-bond donors (Lipinski definition) is 2. The van der Waals surface area contributed by atoms with E-state index in [1.54, 1.807) is 0 Å². The molecule has 3 N–H and O–H groups in total. The minimum absolute atomic E-state index is 0.607. The molecule has 0 aliphatic rings. The summed E-state index contributed by atoms with van der Waals surface area (Å²) >= 11 is 1.50. The Bertz CT molecular complexity index is 548. The van der Waals surface area contributed by atoms with Crippen molar-refractivity contribution in [1.29, 1.82) is 0 Å². The van der Waals surface area contributed by atoms with Crippen molar-refractivity contribution < 1.29 is 0 Å². The Kier molecular flexibility index (Phi) is 3.40. The second-order valence-electron chi connectivity index (χ2n) is 3.39. The highest BCUT2D eigenvalue weighted by atomic mass is 32.1. The SMILES string of the molecule is CNCCC#Cc1ccc2sc(N)nc2c1. The predicted octanol–water partition coefficient (Wildman–Crippen LogP) is 1.84. The van der Waals surface area contributed by atoms with Gasteiger partial charge in [0.25, 0.3) is 0 Å². The molecule has 2 aromatic rings. The molecule has 0 bridgehead atoms. The Hall–Kier alpha value is -1.57. The number of nitrogens with two attached hydrogens (primary N) is 1. The average Bonchev–Trinajstić information content (AvgIpc) is 2.64. The minimum atomic E-state index is 0.607. The van der Waals surface area contributed by atoms with Crippen molar-refractivity contribution in [3.05, 3.63) is 23.8 Å². The average molecular weight is 231 g/mol. The zero-order valence-electron chi connectivity index (χ0n) is 9.08. The molecule has 0 atom stereocenters. The van der Waals surface area contributed by atoms with E-state index in [0.717, 1.165) is 28.7 Å². The fraction of sp³-hybridized carbons (Fsp3) is 0.250. The van der Waals surface area contributed by atoms with Crippen LogP contribution in [0.3, 0.4) is 0 Å². The summed E-state index contributed by atoms with van der Waals surface area (Å²) in [7, 11) is 1.92. The van der Waals surface area contributed by atoms with Crippen LogP contribution in [0, 0.1) is 11.8 Å². The van der Waals surface area contributed by atoms with Crippen molar-refractivity contribution in [3.8, 4) is 11.8 Å². The van der Waals surface area contributed by atoms with Crippen molar-refractivity contribution >= 4 is 26.7 Å². The lowest BCUT2D eigenvalue weighted by atomic mass is 10.2. The molecule has 3 nitrogen and oxygen atoms in total. The summed E-state index contributed by atoms with van der Waals surface area (Å²) in [5.41, 5.74) is 7.57. The largest absolute Gasteiger partial charge is 0.375 e. The van der Waals surface area contributed by atoms with Gasteiger partial charge < -0.3 is 11.1 Å². The van der Waals surface area contributed by atoms with Crippen molar-refractivity contribution in [2.24, 2.45) is 0 Å². The quantitative estimate of drug-likeness (QED) is 0.612. The summed E-state index contributed by atoms with van der Waals surface area (Å²) in [6, 6.07) is 6.01. The first-order valence-electron chi connectivity index (χ1n) is 5.09. The molecule has 0 saturated carbocycles. The van der Waals surface area contributed by atoms with Crippen LogP contribution < -0.4 is 11.1 Å². The van der Waals surface area contributed by atoms with Crippen molar-refractivity contribution in [3.63, 3.8) is 0 Å². The van der Waals surface area contributed by atoms with Gasteiger partial charge in [0.1, 0.15) is 0 Å². The topological polar surface area (TPSA) is 50.9 Å². The van der Waals surface area contributed by atoms with Gasteiger partial charge in [-0.2, -0.15) is 0 Å². The van der Waals surface area contributed by atoms with Crippen molar-refractivity contribution in [1.82, 2.24) is 10.3 Å². The van der Waals surface area contributed by atoms with Crippen LogP contribution in [-0.2, 0) is 0 Å². The number of nitrogens with one attached hydrogen (secondary N) is 1. The normalized spacial score (nSPS) is 10.1. The lowest BCUT2D eigenvalue weighted by Gasteiger charge is -1.90. The van der Waals surface area contributed by atoms with Gasteiger partial charge in [-0.3, -0.25) is 0 Å². The summed E-state index contributed by atoms with van der Waals surface area (Å²) in [5, 5.41) is 3.66. The Morgan fingerprint density at radius 3 is 3.19 bits per heavy atom. The summed E-state index contributed by atoms with van der Waals surface area (Å²) in [5.74, 6) is 6.22. The number of nitrogen functional groups attached to an aromatic ring is 1. The first kappa shape index (κ1) is 10.9. The van der Waals surface area contributed by atoms with Crippen molar-refractivity contribution in [2.45, 2.75) is 6.42 Å². The maximum atomic E-state index is 5.64. The Balaban J connectivity index is 2.21. The zero-order chi connectivity index (χ0) is 11.4. The highest BCUT2D eigenvalue weighted by Crippen LogP contribution is 2.23. The van der Waals surface area contributed by atoms with Crippen LogP contribution in [0.5, 0.6) is 0 Å². The van der Waals surface area contributed by atoms with E-state index in [4.69, 9.17) is 5.73 Å². The molecule has 0 aliphatic carbocycles. The molecule has 1 aromatic carbocycles. The highest BCUT2D eigenvalue weighted by Gasteiger charge is 2.00. The number of rotatable bonds is 2. The molecule has 1 aromatic heterocycles. The molecule has 2 rings (SSSR count). The lowest BCUT2D eigenvalue weighted by Crippen LogP contribution is -2.05. The molecular formula is C12H13N3S. The second-order valence-corrected chi connectivity index (χ2v) is 4.45. The van der Waals surface area contributed by atoms with Gasteiger partial charge in [0.2, 0.25) is 0 Å². The van der Waals surface area contributed by atoms with Gasteiger partial charge >= 0.3 is 0 Å². The van der Waals surface area contributed by atoms with E-state index in [0.29, 0.717) is 5.13 Å². The Morgan fingerprint density at radius 2 is 2.38 bits per heavy atom. The van der Waals surface area contributed by atoms with E-state index in [1.165, 1.54) is 11.3 Å².